The van der Waals surface area contributed by atoms with Crippen LogP contribution in [0.1, 0.15) is 92.9 Å². The van der Waals surface area contributed by atoms with Gasteiger partial charge in [0.2, 0.25) is 0 Å². The molecule has 0 saturated carbocycles. The number of ether oxygens (including phenoxy) is 4. The summed E-state index contributed by atoms with van der Waals surface area (Å²) in [5.41, 5.74) is 1.44. The zero-order chi connectivity index (χ0) is 51.1. The number of carbonyl (C=O) groups excluding carboxylic acids is 3. The summed E-state index contributed by atoms with van der Waals surface area (Å²) < 4.78 is 60.9. The molecule has 1 N–H and O–H groups in total. The molecule has 2 aliphatic heterocycles. The van der Waals surface area contributed by atoms with Crippen LogP contribution in [0.25, 0.3) is 0 Å². The van der Waals surface area contributed by atoms with Gasteiger partial charge in [-0.3, -0.25) is 14.6 Å². The third-order valence-electron chi connectivity index (χ3n) is 12.9. The van der Waals surface area contributed by atoms with Crippen molar-refractivity contribution in [1.29, 1.82) is 0 Å². The number of ketones is 1. The molecule has 0 aromatic heterocycles. The van der Waals surface area contributed by atoms with Crippen molar-refractivity contribution in [2.75, 3.05) is 13.2 Å². The standard InChI is InChI=1S/C28H29FNO5P.C27H27FNO6P.2CH4/c1-20(31)28(19-35-36)16-15-26(30(28)27(32)34-17-21-7-3-2-4-8-21)22-11-13-24(14-12-22)33-18-23-9-5-6-10-25(23)29;28-23-9-5-4-8-21(23)17-33-22-12-10-20(11-13-22)24-14-15-27(18-35-36,25(30)31)29(24)26(32)34-16-19-6-2-1-3-7-19;;/h2-14,26H,15-19,36H2,1H3;1-13,24H,14-18,36H2,(H,30,31);2*1H4/t26-,28-;24-,27-;;/m11../s1. The van der Waals surface area contributed by atoms with Crippen LogP contribution in [0, 0.1) is 11.6 Å². The second kappa shape index (κ2) is 27.5. The smallest absolute Gasteiger partial charge is 0.411 e. The fourth-order valence-corrected chi connectivity index (χ4v) is 9.61. The first-order valence-corrected chi connectivity index (χ1v) is 24.1. The predicted octanol–water partition coefficient (Wildman–Crippen LogP) is 12.8. The number of Topliss-reactive ketones (excluding diaryl/α,β-unsaturated/α-hetero) is 1. The highest BCUT2D eigenvalue weighted by Gasteiger charge is 2.56. The van der Waals surface area contributed by atoms with Gasteiger partial charge in [-0.15, -0.1) is 0 Å². The Labute approximate surface area is 436 Å². The zero-order valence-electron chi connectivity index (χ0n) is 39.6. The first-order chi connectivity index (χ1) is 34.9. The van der Waals surface area contributed by atoms with E-state index in [4.69, 9.17) is 28.0 Å². The molecule has 2 amide bonds. The molecular formula is C57H64F2N2O11P2. The minimum absolute atomic E-state index is 0. The van der Waals surface area contributed by atoms with Crippen molar-refractivity contribution in [2.45, 2.75) is 97.0 Å². The van der Waals surface area contributed by atoms with Crippen molar-refractivity contribution >= 4 is 42.9 Å². The summed E-state index contributed by atoms with van der Waals surface area (Å²) in [7, 11) is 4.22. The van der Waals surface area contributed by atoms with Crippen molar-refractivity contribution in [2.24, 2.45) is 0 Å². The molecule has 13 nitrogen and oxygen atoms in total. The maximum Gasteiger partial charge on any atom is 0.411 e. The first-order valence-electron chi connectivity index (χ1n) is 23.2. The van der Waals surface area contributed by atoms with Crippen LogP contribution < -0.4 is 9.47 Å². The summed E-state index contributed by atoms with van der Waals surface area (Å²) >= 11 is 0. The Bertz CT molecular complexity index is 2570. The molecule has 0 bridgehead atoms. The molecule has 74 heavy (non-hydrogen) atoms. The van der Waals surface area contributed by atoms with Crippen LogP contribution in [0.2, 0.25) is 0 Å². The van der Waals surface area contributed by atoms with E-state index in [0.717, 1.165) is 22.3 Å². The molecule has 2 aliphatic rings. The quantitative estimate of drug-likeness (QED) is 0.0819. The molecule has 17 heteroatoms. The van der Waals surface area contributed by atoms with Crippen molar-refractivity contribution in [3.05, 3.63) is 203 Å². The number of likely N-dealkylation sites (tertiary alicyclic amines) is 2. The topological polar surface area (TPSA) is 150 Å². The number of halogens is 2. The van der Waals surface area contributed by atoms with E-state index in [0.29, 0.717) is 41.9 Å². The summed E-state index contributed by atoms with van der Waals surface area (Å²) in [5.74, 6) is -0.879. The Kier molecular flexibility index (Phi) is 21.6. The van der Waals surface area contributed by atoms with Crippen LogP contribution >= 0.6 is 18.9 Å². The summed E-state index contributed by atoms with van der Waals surface area (Å²) in [4.78, 5) is 54.7. The highest BCUT2D eigenvalue weighted by atomic mass is 31.0. The molecule has 6 aromatic rings. The van der Waals surface area contributed by atoms with Gasteiger partial charge in [0.15, 0.2) is 11.3 Å². The molecule has 2 unspecified atom stereocenters. The number of hydrogen-bond donors (Lipinski definition) is 1. The Morgan fingerprint density at radius 1 is 0.541 bits per heavy atom. The van der Waals surface area contributed by atoms with Gasteiger partial charge in [0.05, 0.1) is 25.3 Å². The van der Waals surface area contributed by atoms with Crippen molar-refractivity contribution < 1.29 is 61.1 Å². The third-order valence-corrected chi connectivity index (χ3v) is 13.3. The number of carboxylic acids is 1. The van der Waals surface area contributed by atoms with Crippen LogP contribution in [0.4, 0.5) is 18.4 Å². The lowest BCUT2D eigenvalue weighted by Gasteiger charge is -2.38. The van der Waals surface area contributed by atoms with Crippen LogP contribution in [0.15, 0.2) is 158 Å². The second-order valence-corrected chi connectivity index (χ2v) is 18.0. The minimum Gasteiger partial charge on any atom is -0.489 e. The lowest BCUT2D eigenvalue weighted by Crippen LogP contribution is -2.56. The van der Waals surface area contributed by atoms with E-state index in [9.17, 15) is 33.1 Å². The van der Waals surface area contributed by atoms with E-state index < -0.39 is 35.3 Å². The highest BCUT2D eigenvalue weighted by Crippen LogP contribution is 2.46. The van der Waals surface area contributed by atoms with Gasteiger partial charge in [-0.2, -0.15) is 0 Å². The number of carbonyl (C=O) groups is 4. The third kappa shape index (κ3) is 13.9. The summed E-state index contributed by atoms with van der Waals surface area (Å²) in [6.45, 7) is 1.61. The Morgan fingerprint density at radius 2 is 0.905 bits per heavy atom. The van der Waals surface area contributed by atoms with Gasteiger partial charge < -0.3 is 33.1 Å². The van der Waals surface area contributed by atoms with Crippen LogP contribution in [-0.4, -0.2) is 63.1 Å². The Balaban J connectivity index is 0.000000267. The average molecular weight is 1050 g/mol. The SMILES string of the molecule is C.C.CC(=O)[C@]1(COP)CC[C@H](c2ccc(OCc3ccccc3F)cc2)N1C(=O)OCc1ccccc1.O=C(OCc1ccccc1)N1[C@@H](c2ccc(OCc3ccccc3F)cc2)CC[C@@]1(COP)C(=O)O. The number of amides is 2. The van der Waals surface area contributed by atoms with Gasteiger partial charge in [0, 0.05) is 30.1 Å². The number of hydrogen-bond acceptors (Lipinski definition) is 10. The number of aliphatic carboxylic acids is 1. The number of nitrogens with zero attached hydrogens (tertiary/aromatic N) is 2. The molecule has 2 heterocycles. The highest BCUT2D eigenvalue weighted by molar-refractivity contribution is 7.10. The summed E-state index contributed by atoms with van der Waals surface area (Å²) in [6, 6.07) is 44.8. The van der Waals surface area contributed by atoms with E-state index in [2.05, 4.69) is 18.9 Å². The average Bonchev–Trinajstić information content (AvgIpc) is 3.99. The maximum absolute atomic E-state index is 13.9. The fourth-order valence-electron chi connectivity index (χ4n) is 9.06. The molecular weight excluding hydrogens is 989 g/mol. The predicted molar refractivity (Wildman–Crippen MR) is 284 cm³/mol. The molecule has 0 aliphatic carbocycles. The molecule has 6 atom stereocenters. The lowest BCUT2D eigenvalue weighted by atomic mass is 9.93. The minimum atomic E-state index is -1.57. The first kappa shape index (κ1) is 58.1. The van der Waals surface area contributed by atoms with Crippen LogP contribution in [0.5, 0.6) is 11.5 Å². The van der Waals surface area contributed by atoms with E-state index >= 15 is 0 Å². The van der Waals surface area contributed by atoms with E-state index in [1.807, 2.05) is 72.8 Å². The van der Waals surface area contributed by atoms with Gasteiger partial charge >= 0.3 is 18.2 Å². The van der Waals surface area contributed by atoms with Gasteiger partial charge in [0.1, 0.15) is 55.1 Å². The monoisotopic (exact) mass is 1050 g/mol. The fraction of sp³-hybridized carbons (Fsp3) is 0.298. The number of carboxylic acid groups (broad SMARTS) is 1. The zero-order valence-corrected chi connectivity index (χ0v) is 41.9. The van der Waals surface area contributed by atoms with E-state index in [-0.39, 0.29) is 84.4 Å². The van der Waals surface area contributed by atoms with Gasteiger partial charge in [-0.05, 0) is 91.3 Å². The van der Waals surface area contributed by atoms with Crippen LogP contribution in [0.3, 0.4) is 0 Å². The molecule has 0 spiro atoms. The van der Waals surface area contributed by atoms with Crippen molar-refractivity contribution in [3.8, 4) is 11.5 Å². The normalized spacial score (nSPS) is 18.7. The van der Waals surface area contributed by atoms with Gasteiger partial charge in [-0.25, -0.2) is 23.2 Å². The van der Waals surface area contributed by atoms with E-state index in [1.54, 1.807) is 72.8 Å². The molecule has 392 valence electrons. The summed E-state index contributed by atoms with van der Waals surface area (Å²) in [5, 5.41) is 10.1. The lowest BCUT2D eigenvalue weighted by molar-refractivity contribution is -0.151. The Morgan fingerprint density at radius 3 is 1.28 bits per heavy atom. The van der Waals surface area contributed by atoms with Gasteiger partial charge in [0.25, 0.3) is 0 Å². The Hall–Kier alpha value is -6.76. The number of rotatable bonds is 18. The van der Waals surface area contributed by atoms with E-state index in [1.165, 1.54) is 28.9 Å². The van der Waals surface area contributed by atoms with Gasteiger partial charge in [-0.1, -0.05) is 136 Å². The second-order valence-electron chi connectivity index (χ2n) is 17.4. The van der Waals surface area contributed by atoms with Crippen molar-refractivity contribution in [3.63, 3.8) is 0 Å². The molecule has 2 fully saturated rings. The van der Waals surface area contributed by atoms with Crippen LogP contribution in [-0.2, 0) is 54.5 Å². The maximum atomic E-state index is 13.9. The molecule has 8 rings (SSSR count). The molecule has 6 aromatic carbocycles. The molecule has 2 saturated heterocycles. The molecule has 0 radical (unpaired) electrons. The number of benzene rings is 6. The largest absolute Gasteiger partial charge is 0.489 e. The summed E-state index contributed by atoms with van der Waals surface area (Å²) in [6.07, 6.45) is 0.338. The van der Waals surface area contributed by atoms with Crippen molar-refractivity contribution in [1.82, 2.24) is 9.80 Å².